The number of imide groups is 1. The molecule has 0 aliphatic carbocycles. The summed E-state index contributed by atoms with van der Waals surface area (Å²) in [6.45, 7) is 4.25. The molecule has 1 aliphatic heterocycles. The van der Waals surface area contributed by atoms with Crippen LogP contribution in [0.15, 0.2) is 36.4 Å². The Morgan fingerprint density at radius 3 is 2.48 bits per heavy atom. The molecule has 6 nitrogen and oxygen atoms in total. The van der Waals surface area contributed by atoms with E-state index in [-0.39, 0.29) is 5.56 Å². The van der Waals surface area contributed by atoms with Crippen molar-refractivity contribution in [3.8, 4) is 0 Å². The van der Waals surface area contributed by atoms with E-state index in [1.165, 1.54) is 13.0 Å². The number of alkyl halides is 3. The maximum Gasteiger partial charge on any atom is 0.416 e. The molecule has 0 spiro atoms. The van der Waals surface area contributed by atoms with E-state index in [9.17, 15) is 27.6 Å². The number of anilines is 1. The minimum Gasteiger partial charge on any atom is -0.323 e. The number of hydrogen-bond donors (Lipinski definition) is 2. The normalized spacial score (nSPS) is 18.9. The number of halogens is 4. The maximum atomic E-state index is 13.1. The maximum absolute atomic E-state index is 13.1. The van der Waals surface area contributed by atoms with Gasteiger partial charge in [-0.1, -0.05) is 29.8 Å². The van der Waals surface area contributed by atoms with Crippen molar-refractivity contribution in [3.05, 3.63) is 63.7 Å². The van der Waals surface area contributed by atoms with Gasteiger partial charge in [0, 0.05) is 0 Å². The van der Waals surface area contributed by atoms with Gasteiger partial charge in [-0.3, -0.25) is 14.5 Å². The highest BCUT2D eigenvalue weighted by Gasteiger charge is 2.50. The van der Waals surface area contributed by atoms with E-state index >= 15 is 0 Å². The highest BCUT2D eigenvalue weighted by molar-refractivity contribution is 6.34. The smallest absolute Gasteiger partial charge is 0.323 e. The topological polar surface area (TPSA) is 78.5 Å². The summed E-state index contributed by atoms with van der Waals surface area (Å²) >= 11 is 6.16. The second-order valence-corrected chi connectivity index (χ2v) is 7.92. The average Bonchev–Trinajstić information content (AvgIpc) is 2.88. The summed E-state index contributed by atoms with van der Waals surface area (Å²) in [5.74, 6) is -1.51. The van der Waals surface area contributed by atoms with Crippen LogP contribution in [0.5, 0.6) is 0 Å². The first-order valence-corrected chi connectivity index (χ1v) is 9.59. The summed E-state index contributed by atoms with van der Waals surface area (Å²) in [7, 11) is 0. The van der Waals surface area contributed by atoms with Gasteiger partial charge in [-0.25, -0.2) is 4.79 Å². The summed E-state index contributed by atoms with van der Waals surface area (Å²) < 4.78 is 39.2. The SMILES string of the molecule is Cc1cc(C)c(NC(=O)CN2C(=O)NC(C)(c3cccc(C(F)(F)F)c3)C2=O)c(Cl)c1. The molecule has 0 aromatic heterocycles. The third kappa shape index (κ3) is 4.36. The third-order valence-corrected chi connectivity index (χ3v) is 5.34. The van der Waals surface area contributed by atoms with Gasteiger partial charge in [0.1, 0.15) is 12.1 Å². The number of aryl methyl sites for hydroxylation is 2. The summed E-state index contributed by atoms with van der Waals surface area (Å²) in [5, 5.41) is 5.27. The molecule has 1 saturated heterocycles. The van der Waals surface area contributed by atoms with E-state index in [1.54, 1.807) is 19.1 Å². The molecule has 0 bridgehead atoms. The first-order valence-electron chi connectivity index (χ1n) is 9.21. The predicted octanol–water partition coefficient (Wildman–Crippen LogP) is 4.38. The van der Waals surface area contributed by atoms with Crippen molar-refractivity contribution in [2.24, 2.45) is 0 Å². The Morgan fingerprint density at radius 2 is 1.87 bits per heavy atom. The van der Waals surface area contributed by atoms with Crippen LogP contribution in [-0.2, 0) is 21.3 Å². The second-order valence-electron chi connectivity index (χ2n) is 7.51. The van der Waals surface area contributed by atoms with Gasteiger partial charge in [0.25, 0.3) is 5.91 Å². The van der Waals surface area contributed by atoms with Crippen LogP contribution in [0.2, 0.25) is 5.02 Å². The van der Waals surface area contributed by atoms with E-state index in [1.807, 2.05) is 6.92 Å². The molecule has 2 aromatic carbocycles. The molecule has 0 radical (unpaired) electrons. The van der Waals surface area contributed by atoms with Crippen molar-refractivity contribution < 1.29 is 27.6 Å². The van der Waals surface area contributed by atoms with Gasteiger partial charge in [0.2, 0.25) is 5.91 Å². The number of benzene rings is 2. The fourth-order valence-corrected chi connectivity index (χ4v) is 3.81. The number of nitrogens with zero attached hydrogens (tertiary/aromatic N) is 1. The number of carbonyl (C=O) groups is 3. The molecule has 1 unspecified atom stereocenters. The predicted molar refractivity (Wildman–Crippen MR) is 109 cm³/mol. The number of rotatable bonds is 4. The number of nitrogens with one attached hydrogen (secondary N) is 2. The Hall–Kier alpha value is -3.07. The summed E-state index contributed by atoms with van der Waals surface area (Å²) in [6, 6.07) is 6.71. The summed E-state index contributed by atoms with van der Waals surface area (Å²) in [4.78, 5) is 38.5. The van der Waals surface area contributed by atoms with E-state index in [4.69, 9.17) is 11.6 Å². The molecule has 4 amide bonds. The number of urea groups is 1. The Kier molecular flexibility index (Phi) is 5.75. The summed E-state index contributed by atoms with van der Waals surface area (Å²) in [5.41, 5.74) is -0.786. The van der Waals surface area contributed by atoms with E-state index < -0.39 is 41.7 Å². The van der Waals surface area contributed by atoms with Crippen LogP contribution >= 0.6 is 11.6 Å². The van der Waals surface area contributed by atoms with Crippen LogP contribution in [0, 0.1) is 13.8 Å². The first-order chi connectivity index (χ1) is 14.3. The zero-order valence-corrected chi connectivity index (χ0v) is 17.6. The molecule has 164 valence electrons. The number of carbonyl (C=O) groups excluding carboxylic acids is 3. The van der Waals surface area contributed by atoms with Crippen LogP contribution in [0.4, 0.5) is 23.7 Å². The Bertz CT molecular complexity index is 1060. The molecule has 2 N–H and O–H groups in total. The molecule has 31 heavy (non-hydrogen) atoms. The van der Waals surface area contributed by atoms with E-state index in [2.05, 4.69) is 10.6 Å². The van der Waals surface area contributed by atoms with E-state index in [0.29, 0.717) is 21.2 Å². The van der Waals surface area contributed by atoms with E-state index in [0.717, 1.165) is 23.8 Å². The van der Waals surface area contributed by atoms with Crippen LogP contribution in [0.3, 0.4) is 0 Å². The van der Waals surface area contributed by atoms with Crippen molar-refractivity contribution in [2.45, 2.75) is 32.5 Å². The van der Waals surface area contributed by atoms with Crippen molar-refractivity contribution in [1.82, 2.24) is 10.2 Å². The highest BCUT2D eigenvalue weighted by atomic mass is 35.5. The molecular weight excluding hydrogens is 435 g/mol. The average molecular weight is 454 g/mol. The van der Waals surface area contributed by atoms with Crippen LogP contribution in [-0.4, -0.2) is 29.3 Å². The van der Waals surface area contributed by atoms with Crippen molar-refractivity contribution in [2.75, 3.05) is 11.9 Å². The Morgan fingerprint density at radius 1 is 1.19 bits per heavy atom. The Labute approximate surface area is 181 Å². The molecule has 10 heteroatoms. The first kappa shape index (κ1) is 22.6. The lowest BCUT2D eigenvalue weighted by atomic mass is 9.90. The van der Waals surface area contributed by atoms with Crippen LogP contribution in [0.25, 0.3) is 0 Å². The zero-order valence-electron chi connectivity index (χ0n) is 16.9. The number of amides is 4. The van der Waals surface area contributed by atoms with Gasteiger partial charge >= 0.3 is 12.2 Å². The van der Waals surface area contributed by atoms with Gasteiger partial charge in [0.05, 0.1) is 16.3 Å². The van der Waals surface area contributed by atoms with Crippen LogP contribution in [0.1, 0.15) is 29.2 Å². The highest BCUT2D eigenvalue weighted by Crippen LogP contribution is 2.34. The summed E-state index contributed by atoms with van der Waals surface area (Å²) in [6.07, 6.45) is -4.61. The molecule has 2 aromatic rings. The molecule has 1 aliphatic rings. The van der Waals surface area contributed by atoms with Crippen LogP contribution < -0.4 is 10.6 Å². The number of hydrogen-bond acceptors (Lipinski definition) is 3. The Balaban J connectivity index is 1.81. The lowest BCUT2D eigenvalue weighted by Gasteiger charge is -2.23. The van der Waals surface area contributed by atoms with Crippen molar-refractivity contribution in [3.63, 3.8) is 0 Å². The second kappa shape index (κ2) is 7.88. The molecule has 1 fully saturated rings. The molecule has 0 saturated carbocycles. The van der Waals surface area contributed by atoms with Crippen molar-refractivity contribution >= 4 is 35.1 Å². The lowest BCUT2D eigenvalue weighted by molar-refractivity contribution is -0.138. The quantitative estimate of drug-likeness (QED) is 0.674. The largest absolute Gasteiger partial charge is 0.416 e. The monoisotopic (exact) mass is 453 g/mol. The molecule has 3 rings (SSSR count). The van der Waals surface area contributed by atoms with Crippen molar-refractivity contribution in [1.29, 1.82) is 0 Å². The zero-order chi connectivity index (χ0) is 23.1. The minimum absolute atomic E-state index is 0.0407. The molecule has 1 heterocycles. The lowest BCUT2D eigenvalue weighted by Crippen LogP contribution is -2.42. The minimum atomic E-state index is -4.61. The van der Waals surface area contributed by atoms with Gasteiger partial charge in [-0.15, -0.1) is 0 Å². The van der Waals surface area contributed by atoms with Gasteiger partial charge in [-0.2, -0.15) is 13.2 Å². The fraction of sp³-hybridized carbons (Fsp3) is 0.286. The van der Waals surface area contributed by atoms with Gasteiger partial charge < -0.3 is 10.6 Å². The fourth-order valence-electron chi connectivity index (χ4n) is 3.44. The molecular formula is C21H19ClF3N3O3. The molecule has 1 atom stereocenters. The third-order valence-electron chi connectivity index (χ3n) is 5.04. The van der Waals surface area contributed by atoms with Gasteiger partial charge in [-0.05, 0) is 55.7 Å². The van der Waals surface area contributed by atoms with Gasteiger partial charge in [0.15, 0.2) is 0 Å². The standard InChI is InChI=1S/C21H19ClF3N3O3/c1-11-7-12(2)17(15(22)8-11)26-16(29)10-28-18(30)20(3,27-19(28)31)13-5-4-6-14(9-13)21(23,24)25/h4-9H,10H2,1-3H3,(H,26,29)(H,27,31).